The smallest absolute Gasteiger partial charge is 0.220 e. The third kappa shape index (κ3) is 4.66. The number of hydrogen-bond acceptors (Lipinski definition) is 2. The number of amides is 1. The van der Waals surface area contributed by atoms with Crippen molar-refractivity contribution in [1.29, 1.82) is 0 Å². The van der Waals surface area contributed by atoms with Crippen molar-refractivity contribution in [2.45, 2.75) is 70.8 Å². The topological polar surface area (TPSA) is 49.3 Å². The maximum atomic E-state index is 11.3. The number of nitrogens with one attached hydrogen (secondary N) is 1. The highest BCUT2D eigenvalue weighted by molar-refractivity contribution is 5.76. The second-order valence-electron chi connectivity index (χ2n) is 5.45. The molecule has 2 unspecified atom stereocenters. The van der Waals surface area contributed by atoms with E-state index in [0.29, 0.717) is 31.7 Å². The fourth-order valence-corrected chi connectivity index (χ4v) is 2.60. The van der Waals surface area contributed by atoms with Crippen LogP contribution in [0.4, 0.5) is 0 Å². The summed E-state index contributed by atoms with van der Waals surface area (Å²) in [6.45, 7) is 4.95. The van der Waals surface area contributed by atoms with E-state index in [0.717, 1.165) is 6.42 Å². The minimum absolute atomic E-state index is 0.0825. The van der Waals surface area contributed by atoms with Crippen molar-refractivity contribution in [3.63, 3.8) is 0 Å². The summed E-state index contributed by atoms with van der Waals surface area (Å²) in [7, 11) is 0. The third-order valence-electron chi connectivity index (χ3n) is 4.07. The van der Waals surface area contributed by atoms with Crippen LogP contribution in [0.1, 0.15) is 65.2 Å². The lowest BCUT2D eigenvalue weighted by molar-refractivity contribution is -0.121. The lowest BCUT2D eigenvalue weighted by Gasteiger charge is -2.33. The van der Waals surface area contributed by atoms with Gasteiger partial charge in [-0.05, 0) is 25.2 Å². The standard InChI is InChI=1S/C14H27NO2/c1-3-4-5-6-7-12(2)14(17)9-8-13(16)15-11-10-14/h12,17H,3-11H2,1-2H3,(H,15,16). The molecule has 0 aromatic carbocycles. The molecule has 1 heterocycles. The summed E-state index contributed by atoms with van der Waals surface area (Å²) in [5.74, 6) is 0.381. The van der Waals surface area contributed by atoms with Crippen molar-refractivity contribution in [3.05, 3.63) is 0 Å². The molecule has 0 spiro atoms. The molecule has 0 saturated carbocycles. The predicted molar refractivity (Wildman–Crippen MR) is 69.7 cm³/mol. The second kappa shape index (κ2) is 7.00. The van der Waals surface area contributed by atoms with Crippen LogP contribution in [-0.4, -0.2) is 23.2 Å². The van der Waals surface area contributed by atoms with Gasteiger partial charge in [-0.1, -0.05) is 39.5 Å². The van der Waals surface area contributed by atoms with Crippen molar-refractivity contribution in [1.82, 2.24) is 5.32 Å². The van der Waals surface area contributed by atoms with Gasteiger partial charge in [0.05, 0.1) is 5.60 Å². The first kappa shape index (κ1) is 14.5. The Morgan fingerprint density at radius 3 is 2.82 bits per heavy atom. The minimum Gasteiger partial charge on any atom is -0.390 e. The quantitative estimate of drug-likeness (QED) is 0.702. The van der Waals surface area contributed by atoms with Gasteiger partial charge in [-0.25, -0.2) is 0 Å². The molecule has 1 aliphatic heterocycles. The SMILES string of the molecule is CCCCCCC(C)C1(O)CCNC(=O)CC1. The van der Waals surface area contributed by atoms with Crippen molar-refractivity contribution in [2.75, 3.05) is 6.54 Å². The van der Waals surface area contributed by atoms with Gasteiger partial charge in [0.15, 0.2) is 0 Å². The zero-order valence-electron chi connectivity index (χ0n) is 11.3. The summed E-state index contributed by atoms with van der Waals surface area (Å²) in [6, 6.07) is 0. The Morgan fingerprint density at radius 1 is 1.35 bits per heavy atom. The zero-order valence-corrected chi connectivity index (χ0v) is 11.3. The summed E-state index contributed by atoms with van der Waals surface area (Å²) in [6.07, 6.45) is 7.84. The number of carbonyl (C=O) groups excluding carboxylic acids is 1. The van der Waals surface area contributed by atoms with Crippen molar-refractivity contribution < 1.29 is 9.90 Å². The fourth-order valence-electron chi connectivity index (χ4n) is 2.60. The molecule has 0 aromatic rings. The Kier molecular flexibility index (Phi) is 5.96. The van der Waals surface area contributed by atoms with Crippen LogP contribution in [0.5, 0.6) is 0 Å². The summed E-state index contributed by atoms with van der Waals surface area (Å²) in [5.41, 5.74) is -0.634. The average Bonchev–Trinajstić information content (AvgIpc) is 2.48. The molecule has 1 fully saturated rings. The summed E-state index contributed by atoms with van der Waals surface area (Å²) in [4.78, 5) is 11.3. The van der Waals surface area contributed by atoms with Gasteiger partial charge in [0, 0.05) is 13.0 Å². The zero-order chi connectivity index (χ0) is 12.7. The molecule has 1 saturated heterocycles. The van der Waals surface area contributed by atoms with E-state index in [1.54, 1.807) is 0 Å². The van der Waals surface area contributed by atoms with E-state index in [9.17, 15) is 9.90 Å². The second-order valence-corrected chi connectivity index (χ2v) is 5.45. The van der Waals surface area contributed by atoms with Gasteiger partial charge in [0.25, 0.3) is 0 Å². The van der Waals surface area contributed by atoms with Gasteiger partial charge in [-0.3, -0.25) is 4.79 Å². The summed E-state index contributed by atoms with van der Waals surface area (Å²) < 4.78 is 0. The van der Waals surface area contributed by atoms with Gasteiger partial charge >= 0.3 is 0 Å². The maximum absolute atomic E-state index is 11.3. The maximum Gasteiger partial charge on any atom is 0.220 e. The summed E-state index contributed by atoms with van der Waals surface area (Å²) >= 11 is 0. The predicted octanol–water partition coefficient (Wildman–Crippen LogP) is 2.62. The Labute approximate surface area is 105 Å². The van der Waals surface area contributed by atoms with Crippen LogP contribution in [-0.2, 0) is 4.79 Å². The monoisotopic (exact) mass is 241 g/mol. The molecular weight excluding hydrogens is 214 g/mol. The normalized spacial score (nSPS) is 27.4. The molecule has 0 aliphatic carbocycles. The Bertz CT molecular complexity index is 242. The van der Waals surface area contributed by atoms with E-state index in [1.165, 1.54) is 25.7 Å². The van der Waals surface area contributed by atoms with Crippen molar-refractivity contribution in [2.24, 2.45) is 5.92 Å². The van der Waals surface area contributed by atoms with Crippen LogP contribution in [0.2, 0.25) is 0 Å². The van der Waals surface area contributed by atoms with Gasteiger partial charge < -0.3 is 10.4 Å². The van der Waals surface area contributed by atoms with Gasteiger partial charge in [0.2, 0.25) is 5.91 Å². The number of hydrogen-bond donors (Lipinski definition) is 2. The molecule has 1 aliphatic rings. The molecule has 0 bridgehead atoms. The first-order chi connectivity index (χ1) is 8.08. The molecule has 0 aromatic heterocycles. The molecule has 2 N–H and O–H groups in total. The van der Waals surface area contributed by atoms with Crippen LogP contribution < -0.4 is 5.32 Å². The highest BCUT2D eigenvalue weighted by atomic mass is 16.3. The van der Waals surface area contributed by atoms with Crippen LogP contribution in [0.3, 0.4) is 0 Å². The van der Waals surface area contributed by atoms with Crippen LogP contribution >= 0.6 is 0 Å². The largest absolute Gasteiger partial charge is 0.390 e. The lowest BCUT2D eigenvalue weighted by Crippen LogP contribution is -2.37. The van der Waals surface area contributed by atoms with Crippen LogP contribution in [0.15, 0.2) is 0 Å². The van der Waals surface area contributed by atoms with E-state index in [-0.39, 0.29) is 5.91 Å². The number of rotatable bonds is 6. The lowest BCUT2D eigenvalue weighted by atomic mass is 9.80. The van der Waals surface area contributed by atoms with E-state index in [4.69, 9.17) is 0 Å². The van der Waals surface area contributed by atoms with Crippen LogP contribution in [0, 0.1) is 5.92 Å². The summed E-state index contributed by atoms with van der Waals surface area (Å²) in [5, 5.41) is 13.4. The molecule has 2 atom stereocenters. The molecule has 17 heavy (non-hydrogen) atoms. The third-order valence-corrected chi connectivity index (χ3v) is 4.07. The van der Waals surface area contributed by atoms with Crippen LogP contribution in [0.25, 0.3) is 0 Å². The highest BCUT2D eigenvalue weighted by Gasteiger charge is 2.35. The highest BCUT2D eigenvalue weighted by Crippen LogP contribution is 2.31. The van der Waals surface area contributed by atoms with Crippen molar-refractivity contribution in [3.8, 4) is 0 Å². The molecule has 0 radical (unpaired) electrons. The minimum atomic E-state index is -0.634. The number of unbranched alkanes of at least 4 members (excludes halogenated alkanes) is 3. The Balaban J connectivity index is 2.36. The van der Waals surface area contributed by atoms with E-state index >= 15 is 0 Å². The number of aliphatic hydroxyl groups is 1. The van der Waals surface area contributed by atoms with E-state index < -0.39 is 5.60 Å². The van der Waals surface area contributed by atoms with Gasteiger partial charge in [0.1, 0.15) is 0 Å². The van der Waals surface area contributed by atoms with Crippen molar-refractivity contribution >= 4 is 5.91 Å². The molecule has 1 rings (SSSR count). The molecule has 100 valence electrons. The van der Waals surface area contributed by atoms with E-state index in [1.807, 2.05) is 0 Å². The first-order valence-corrected chi connectivity index (χ1v) is 7.07. The van der Waals surface area contributed by atoms with Gasteiger partial charge in [-0.15, -0.1) is 0 Å². The fraction of sp³-hybridized carbons (Fsp3) is 0.929. The average molecular weight is 241 g/mol. The first-order valence-electron chi connectivity index (χ1n) is 7.07. The Hall–Kier alpha value is -0.570. The van der Waals surface area contributed by atoms with Gasteiger partial charge in [-0.2, -0.15) is 0 Å². The molecule has 1 amide bonds. The molecule has 3 heteroatoms. The molecule has 3 nitrogen and oxygen atoms in total. The van der Waals surface area contributed by atoms with E-state index in [2.05, 4.69) is 19.2 Å². The Morgan fingerprint density at radius 2 is 2.12 bits per heavy atom. The molecular formula is C14H27NO2. The number of carbonyl (C=O) groups is 1.